The van der Waals surface area contributed by atoms with Gasteiger partial charge < -0.3 is 0 Å². The van der Waals surface area contributed by atoms with Crippen molar-refractivity contribution >= 4 is 0 Å². The zero-order valence-electron chi connectivity index (χ0n) is 11.9. The Bertz CT molecular complexity index is 639. The second kappa shape index (κ2) is 5.91. The molecule has 0 aromatic heterocycles. The number of hydrogen-bond acceptors (Lipinski definition) is 0. The highest BCUT2D eigenvalue weighted by atomic mass is 19.4. The number of rotatable bonds is 5. The molecule has 0 spiro atoms. The molecule has 0 amide bonds. The van der Waals surface area contributed by atoms with E-state index >= 15 is 0 Å². The van der Waals surface area contributed by atoms with E-state index in [-0.39, 0.29) is 17.7 Å². The van der Waals surface area contributed by atoms with Gasteiger partial charge in [-0.1, -0.05) is 24.3 Å². The Kier molecular flexibility index (Phi) is 5.08. The Morgan fingerprint density at radius 3 is 1.19 bits per heavy atom. The van der Waals surface area contributed by atoms with Crippen molar-refractivity contribution in [3.63, 3.8) is 0 Å². The Balaban J connectivity index is 3.55. The van der Waals surface area contributed by atoms with E-state index in [9.17, 15) is 57.1 Å². The number of halogens is 13. The van der Waals surface area contributed by atoms with E-state index < -0.39 is 41.4 Å². The number of hydrogen-bond donors (Lipinski definition) is 0. The minimum Gasteiger partial charge on any atom is -0.194 e. The van der Waals surface area contributed by atoms with Gasteiger partial charge in [-0.2, -0.15) is 57.1 Å². The van der Waals surface area contributed by atoms with Gasteiger partial charge in [-0.25, -0.2) is 0 Å². The third-order valence-corrected chi connectivity index (χ3v) is 3.25. The molecule has 1 radical (unpaired) electrons. The first-order chi connectivity index (χ1) is 11.2. The van der Waals surface area contributed by atoms with Crippen LogP contribution < -0.4 is 0 Å². The fraction of sp³-hybridized carbons (Fsp3) is 0.462. The molecular formula is C13H6F13. The van der Waals surface area contributed by atoms with Crippen LogP contribution in [0.2, 0.25) is 0 Å². The zero-order valence-corrected chi connectivity index (χ0v) is 11.9. The fourth-order valence-electron chi connectivity index (χ4n) is 1.66. The quantitative estimate of drug-likeness (QED) is 0.519. The molecule has 0 heterocycles. The molecule has 26 heavy (non-hydrogen) atoms. The first-order valence-corrected chi connectivity index (χ1v) is 6.13. The van der Waals surface area contributed by atoms with Gasteiger partial charge in [0, 0.05) is 5.56 Å². The molecule has 0 aliphatic carbocycles. The number of benzene rings is 1. The largest absolute Gasteiger partial charge is 0.460 e. The van der Waals surface area contributed by atoms with Crippen molar-refractivity contribution in [1.82, 2.24) is 0 Å². The lowest BCUT2D eigenvalue weighted by atomic mass is 9.90. The molecule has 0 nitrogen and oxygen atoms in total. The summed E-state index contributed by atoms with van der Waals surface area (Å²) in [6.45, 7) is 3.13. The summed E-state index contributed by atoms with van der Waals surface area (Å²) in [5, 5.41) is 0. The van der Waals surface area contributed by atoms with E-state index in [1.807, 2.05) is 0 Å². The molecule has 0 saturated carbocycles. The van der Waals surface area contributed by atoms with Crippen molar-refractivity contribution in [2.24, 2.45) is 0 Å². The third kappa shape index (κ3) is 2.88. The lowest BCUT2D eigenvalue weighted by molar-refractivity contribution is -0.441. The highest BCUT2D eigenvalue weighted by Crippen LogP contribution is 2.61. The summed E-state index contributed by atoms with van der Waals surface area (Å²) in [5.74, 6) is -36.9. The summed E-state index contributed by atoms with van der Waals surface area (Å²) in [5.41, 5.74) is -2.13. The van der Waals surface area contributed by atoms with E-state index in [0.29, 0.717) is 12.1 Å². The van der Waals surface area contributed by atoms with Crippen molar-refractivity contribution in [2.45, 2.75) is 35.8 Å². The van der Waals surface area contributed by atoms with Crippen molar-refractivity contribution < 1.29 is 57.1 Å². The predicted octanol–water partition coefficient (Wildman–Crippen LogP) is 6.06. The maximum atomic E-state index is 13.7. The molecule has 0 saturated heterocycles. The van der Waals surface area contributed by atoms with Gasteiger partial charge >= 0.3 is 35.8 Å². The minimum absolute atomic E-state index is 0.0480. The molecule has 1 aromatic rings. The average molecular weight is 409 g/mol. The van der Waals surface area contributed by atoms with Crippen LogP contribution in [0, 0.1) is 6.92 Å². The first-order valence-electron chi connectivity index (χ1n) is 6.13. The van der Waals surface area contributed by atoms with Crippen LogP contribution in [0.5, 0.6) is 0 Å². The van der Waals surface area contributed by atoms with Crippen LogP contribution in [0.4, 0.5) is 57.1 Å². The van der Waals surface area contributed by atoms with Gasteiger partial charge in [-0.3, -0.25) is 0 Å². The SMILES string of the molecule is [CH2]c1ccc(C(F)(F)C(F)(F)C(F)(F)C(F)(F)C(F)(F)C(F)(F)F)cc1. The Morgan fingerprint density at radius 1 is 0.500 bits per heavy atom. The van der Waals surface area contributed by atoms with Gasteiger partial charge in [-0.15, -0.1) is 0 Å². The zero-order chi connectivity index (χ0) is 21.0. The second-order valence-corrected chi connectivity index (χ2v) is 5.07. The molecule has 1 aromatic carbocycles. The number of alkyl halides is 13. The summed E-state index contributed by atoms with van der Waals surface area (Å²) in [6.07, 6.45) is -7.42. The van der Waals surface area contributed by atoms with Crippen LogP contribution in [0.25, 0.3) is 0 Å². The van der Waals surface area contributed by atoms with Gasteiger partial charge in [0.1, 0.15) is 0 Å². The molecule has 0 unspecified atom stereocenters. The normalized spacial score (nSPS) is 15.3. The van der Waals surface area contributed by atoms with E-state index in [1.165, 1.54) is 0 Å². The van der Waals surface area contributed by atoms with Crippen LogP contribution in [-0.4, -0.2) is 29.9 Å². The lowest BCUT2D eigenvalue weighted by Gasteiger charge is -2.39. The van der Waals surface area contributed by atoms with Crippen LogP contribution in [0.15, 0.2) is 24.3 Å². The monoisotopic (exact) mass is 409 g/mol. The van der Waals surface area contributed by atoms with Gasteiger partial charge in [0.2, 0.25) is 0 Å². The molecule has 0 N–H and O–H groups in total. The van der Waals surface area contributed by atoms with Gasteiger partial charge in [0.15, 0.2) is 0 Å². The fourth-order valence-corrected chi connectivity index (χ4v) is 1.66. The first kappa shape index (κ1) is 22.4. The van der Waals surface area contributed by atoms with Crippen LogP contribution in [-0.2, 0) is 5.92 Å². The molecule has 149 valence electrons. The molecule has 1 rings (SSSR count). The topological polar surface area (TPSA) is 0 Å². The Morgan fingerprint density at radius 2 is 0.846 bits per heavy atom. The van der Waals surface area contributed by atoms with Gasteiger partial charge in [0.25, 0.3) is 0 Å². The van der Waals surface area contributed by atoms with Gasteiger partial charge in [-0.05, 0) is 12.5 Å². The molecule has 0 bridgehead atoms. The van der Waals surface area contributed by atoms with Crippen LogP contribution in [0.1, 0.15) is 11.1 Å². The standard InChI is InChI=1S/C13H6F13/c1-6-2-4-7(5-3-6)8(14,15)9(16,17)10(18,19)11(20,21)12(22,23)13(24,25)26/h2-5H,1H2. The van der Waals surface area contributed by atoms with E-state index in [2.05, 4.69) is 6.92 Å². The van der Waals surface area contributed by atoms with Crippen molar-refractivity contribution in [2.75, 3.05) is 0 Å². The van der Waals surface area contributed by atoms with E-state index in [0.717, 1.165) is 0 Å². The average Bonchev–Trinajstić information content (AvgIpc) is 2.45. The Hall–Kier alpha value is -1.69. The lowest BCUT2D eigenvalue weighted by Crippen LogP contribution is -2.69. The molecule has 0 fully saturated rings. The van der Waals surface area contributed by atoms with Crippen LogP contribution in [0.3, 0.4) is 0 Å². The van der Waals surface area contributed by atoms with Gasteiger partial charge in [0.05, 0.1) is 0 Å². The summed E-state index contributed by atoms with van der Waals surface area (Å²) < 4.78 is 168. The molecule has 13 heteroatoms. The Labute approximate surface area is 136 Å². The smallest absolute Gasteiger partial charge is 0.194 e. The second-order valence-electron chi connectivity index (χ2n) is 5.07. The van der Waals surface area contributed by atoms with Crippen molar-refractivity contribution in [1.29, 1.82) is 0 Å². The highest BCUT2D eigenvalue weighted by molar-refractivity contribution is 5.30. The van der Waals surface area contributed by atoms with Crippen molar-refractivity contribution in [3.05, 3.63) is 42.3 Å². The van der Waals surface area contributed by atoms with Crippen molar-refractivity contribution in [3.8, 4) is 0 Å². The van der Waals surface area contributed by atoms with E-state index in [4.69, 9.17) is 0 Å². The predicted molar refractivity (Wildman–Crippen MR) is 60.6 cm³/mol. The molecule has 0 aliphatic rings. The molecule has 0 aliphatic heterocycles. The van der Waals surface area contributed by atoms with Crippen LogP contribution >= 0.6 is 0 Å². The maximum Gasteiger partial charge on any atom is 0.460 e. The summed E-state index contributed by atoms with van der Waals surface area (Å²) in [7, 11) is 0. The summed E-state index contributed by atoms with van der Waals surface area (Å²) in [6, 6.07) is 1.23. The summed E-state index contributed by atoms with van der Waals surface area (Å²) >= 11 is 0. The molecular weight excluding hydrogens is 403 g/mol. The summed E-state index contributed by atoms with van der Waals surface area (Å²) in [4.78, 5) is 0. The highest BCUT2D eigenvalue weighted by Gasteiger charge is 2.90. The maximum absolute atomic E-state index is 13.7. The minimum atomic E-state index is -7.89. The van der Waals surface area contributed by atoms with E-state index in [1.54, 1.807) is 0 Å². The third-order valence-electron chi connectivity index (χ3n) is 3.25. The molecule has 0 atom stereocenters.